The molecule has 0 aromatic heterocycles. The Balaban J connectivity index is 1.63. The summed E-state index contributed by atoms with van der Waals surface area (Å²) in [5, 5.41) is 9.91. The molecular formula is C29H32N2O4S. The first-order chi connectivity index (χ1) is 17.1. The van der Waals surface area contributed by atoms with Gasteiger partial charge in [0, 0.05) is 18.2 Å². The highest BCUT2D eigenvalue weighted by molar-refractivity contribution is 7.92. The van der Waals surface area contributed by atoms with Gasteiger partial charge in [-0.05, 0) is 86.7 Å². The van der Waals surface area contributed by atoms with Gasteiger partial charge < -0.3 is 10.0 Å². The molecule has 0 unspecified atom stereocenters. The summed E-state index contributed by atoms with van der Waals surface area (Å²) in [7, 11) is -3.89. The number of aryl methyl sites for hydroxylation is 1. The number of phenolic OH excluding ortho intramolecular Hbond substituents is 1. The van der Waals surface area contributed by atoms with Crippen LogP contribution in [-0.2, 0) is 21.4 Å². The number of hydrogen-bond acceptors (Lipinski definition) is 4. The molecule has 3 aromatic carbocycles. The summed E-state index contributed by atoms with van der Waals surface area (Å²) in [5.41, 5.74) is 2.47. The fraction of sp³-hybridized carbons (Fsp3) is 0.276. The number of aromatic hydroxyl groups is 1. The van der Waals surface area contributed by atoms with Crippen molar-refractivity contribution in [2.45, 2.75) is 50.6 Å². The Labute approximate surface area is 213 Å². The molecule has 1 aliphatic rings. The molecule has 0 saturated carbocycles. The van der Waals surface area contributed by atoms with Crippen molar-refractivity contribution in [3.8, 4) is 5.75 Å². The first-order valence-electron chi connectivity index (χ1n) is 12.0. The lowest BCUT2D eigenvalue weighted by Gasteiger charge is -2.30. The van der Waals surface area contributed by atoms with Gasteiger partial charge in [0.1, 0.15) is 5.75 Å². The molecule has 0 atom stereocenters. The Morgan fingerprint density at radius 1 is 1.06 bits per heavy atom. The second-order valence-electron chi connectivity index (χ2n) is 9.78. The zero-order chi connectivity index (χ0) is 25.9. The number of rotatable bonds is 7. The third-order valence-corrected chi connectivity index (χ3v) is 8.60. The second-order valence-corrected chi connectivity index (χ2v) is 11.6. The van der Waals surface area contributed by atoms with Crippen LogP contribution in [0.3, 0.4) is 0 Å². The van der Waals surface area contributed by atoms with Gasteiger partial charge in [0.25, 0.3) is 10.0 Å². The largest absolute Gasteiger partial charge is 0.508 e. The monoisotopic (exact) mass is 504 g/mol. The minimum absolute atomic E-state index is 0.0192. The smallest absolute Gasteiger partial charge is 0.264 e. The molecule has 1 aliphatic heterocycles. The van der Waals surface area contributed by atoms with E-state index >= 15 is 0 Å². The summed E-state index contributed by atoms with van der Waals surface area (Å²) >= 11 is 0. The quantitative estimate of drug-likeness (QED) is 0.431. The maximum Gasteiger partial charge on any atom is 0.264 e. The zero-order valence-electron chi connectivity index (χ0n) is 20.9. The first kappa shape index (κ1) is 25.5. The molecular weight excluding hydrogens is 472 g/mol. The number of anilines is 1. The van der Waals surface area contributed by atoms with E-state index in [1.165, 1.54) is 4.31 Å². The summed E-state index contributed by atoms with van der Waals surface area (Å²) in [4.78, 5) is 14.8. The van der Waals surface area contributed by atoms with Crippen molar-refractivity contribution in [3.63, 3.8) is 0 Å². The van der Waals surface area contributed by atoms with E-state index < -0.39 is 10.0 Å². The summed E-state index contributed by atoms with van der Waals surface area (Å²) in [5.74, 6) is 0.0568. The number of carbonyl (C=O) groups is 1. The summed E-state index contributed by atoms with van der Waals surface area (Å²) in [6.07, 6.45) is 5.34. The van der Waals surface area contributed by atoms with Gasteiger partial charge in [0.2, 0.25) is 5.91 Å². The number of nitrogens with zero attached hydrogens (tertiary/aromatic N) is 2. The highest BCUT2D eigenvalue weighted by Gasteiger charge is 2.34. The molecule has 1 N–H and O–H groups in total. The van der Waals surface area contributed by atoms with E-state index in [1.54, 1.807) is 91.9 Å². The number of phenols is 1. The SMILES string of the molecule is Cc1ccccc1S(=O)(=O)N(Cc1cccc(O)c1)c1ccc(/C=C/C(=O)N2CCCC2(C)C)cc1. The van der Waals surface area contributed by atoms with Crippen LogP contribution < -0.4 is 4.31 Å². The number of hydrogen-bond donors (Lipinski definition) is 1. The molecule has 4 rings (SSSR count). The van der Waals surface area contributed by atoms with Crippen molar-refractivity contribution in [2.24, 2.45) is 0 Å². The van der Waals surface area contributed by atoms with Crippen LogP contribution in [0, 0.1) is 6.92 Å². The zero-order valence-corrected chi connectivity index (χ0v) is 21.7. The number of benzene rings is 3. The normalized spacial score (nSPS) is 15.4. The van der Waals surface area contributed by atoms with Gasteiger partial charge in [-0.15, -0.1) is 0 Å². The molecule has 188 valence electrons. The molecule has 7 heteroatoms. The molecule has 0 aliphatic carbocycles. The van der Waals surface area contributed by atoms with Crippen molar-refractivity contribution in [3.05, 3.63) is 95.6 Å². The fourth-order valence-electron chi connectivity index (χ4n) is 4.63. The van der Waals surface area contributed by atoms with Crippen LogP contribution in [0.2, 0.25) is 0 Å². The summed E-state index contributed by atoms with van der Waals surface area (Å²) < 4.78 is 28.8. The van der Waals surface area contributed by atoms with Gasteiger partial charge in [0.15, 0.2) is 0 Å². The number of likely N-dealkylation sites (tertiary alicyclic amines) is 1. The Bertz CT molecular complexity index is 1380. The van der Waals surface area contributed by atoms with E-state index in [1.807, 2.05) is 4.90 Å². The van der Waals surface area contributed by atoms with Gasteiger partial charge in [-0.1, -0.05) is 42.5 Å². The van der Waals surface area contributed by atoms with Crippen molar-refractivity contribution in [2.75, 3.05) is 10.8 Å². The lowest BCUT2D eigenvalue weighted by atomic mass is 10.0. The van der Waals surface area contributed by atoms with E-state index in [4.69, 9.17) is 0 Å². The van der Waals surface area contributed by atoms with Crippen LogP contribution in [0.1, 0.15) is 43.4 Å². The topological polar surface area (TPSA) is 77.9 Å². The van der Waals surface area contributed by atoms with Crippen molar-refractivity contribution in [1.82, 2.24) is 4.90 Å². The maximum absolute atomic E-state index is 13.8. The standard InChI is InChI=1S/C29H32N2O4S/c1-22-8-4-5-11-27(22)36(34,35)31(21-24-9-6-10-26(32)20-24)25-15-12-23(13-16-25)14-17-28(33)30-19-7-18-29(30,2)3/h4-6,8-17,20,32H,7,18-19,21H2,1-3H3/b17-14+. The van der Waals surface area contributed by atoms with E-state index in [-0.39, 0.29) is 28.6 Å². The van der Waals surface area contributed by atoms with Crippen LogP contribution in [0.25, 0.3) is 6.08 Å². The molecule has 6 nitrogen and oxygen atoms in total. The van der Waals surface area contributed by atoms with E-state index in [0.29, 0.717) is 16.8 Å². The fourth-order valence-corrected chi connectivity index (χ4v) is 6.31. The third-order valence-electron chi connectivity index (χ3n) is 6.66. The van der Waals surface area contributed by atoms with Crippen LogP contribution in [-0.4, -0.2) is 36.4 Å². The summed E-state index contributed by atoms with van der Waals surface area (Å²) in [6, 6.07) is 20.5. The van der Waals surface area contributed by atoms with Crippen molar-refractivity contribution in [1.29, 1.82) is 0 Å². The first-order valence-corrected chi connectivity index (χ1v) is 13.5. The predicted molar refractivity (Wildman–Crippen MR) is 143 cm³/mol. The number of sulfonamides is 1. The molecule has 0 spiro atoms. The molecule has 0 radical (unpaired) electrons. The molecule has 1 heterocycles. The van der Waals surface area contributed by atoms with Crippen LogP contribution in [0.15, 0.2) is 83.8 Å². The highest BCUT2D eigenvalue weighted by atomic mass is 32.2. The van der Waals surface area contributed by atoms with Gasteiger partial charge in [-0.3, -0.25) is 9.10 Å². The number of amides is 1. The van der Waals surface area contributed by atoms with Crippen molar-refractivity contribution < 1.29 is 18.3 Å². The average Bonchev–Trinajstić information content (AvgIpc) is 3.20. The minimum atomic E-state index is -3.89. The molecule has 1 fully saturated rings. The molecule has 1 saturated heterocycles. The van der Waals surface area contributed by atoms with Gasteiger partial charge in [-0.25, -0.2) is 8.42 Å². The second kappa shape index (κ2) is 10.2. The Hall–Kier alpha value is -3.58. The van der Waals surface area contributed by atoms with Crippen LogP contribution in [0.5, 0.6) is 5.75 Å². The van der Waals surface area contributed by atoms with Gasteiger partial charge >= 0.3 is 0 Å². The van der Waals surface area contributed by atoms with Gasteiger partial charge in [0.05, 0.1) is 17.1 Å². The molecule has 36 heavy (non-hydrogen) atoms. The van der Waals surface area contributed by atoms with Crippen molar-refractivity contribution >= 4 is 27.7 Å². The van der Waals surface area contributed by atoms with E-state index in [9.17, 15) is 18.3 Å². The van der Waals surface area contributed by atoms with E-state index in [2.05, 4.69) is 13.8 Å². The lowest BCUT2D eigenvalue weighted by molar-refractivity contribution is -0.128. The predicted octanol–water partition coefficient (Wildman–Crippen LogP) is 5.51. The molecule has 0 bridgehead atoms. The summed E-state index contributed by atoms with van der Waals surface area (Å²) in [6.45, 7) is 6.75. The maximum atomic E-state index is 13.8. The molecule has 3 aromatic rings. The van der Waals surface area contributed by atoms with Crippen LogP contribution >= 0.6 is 0 Å². The highest BCUT2D eigenvalue weighted by Crippen LogP contribution is 2.30. The average molecular weight is 505 g/mol. The Morgan fingerprint density at radius 3 is 2.42 bits per heavy atom. The Morgan fingerprint density at radius 2 is 1.78 bits per heavy atom. The number of carbonyl (C=O) groups excluding carboxylic acids is 1. The molecule has 1 amide bonds. The minimum Gasteiger partial charge on any atom is -0.508 e. The Kier molecular flexibility index (Phi) is 7.22. The third kappa shape index (κ3) is 5.46. The van der Waals surface area contributed by atoms with Crippen LogP contribution in [0.4, 0.5) is 5.69 Å². The van der Waals surface area contributed by atoms with E-state index in [0.717, 1.165) is 24.9 Å². The lowest BCUT2D eigenvalue weighted by Crippen LogP contribution is -2.41. The van der Waals surface area contributed by atoms with Gasteiger partial charge in [-0.2, -0.15) is 0 Å².